The fourth-order valence-corrected chi connectivity index (χ4v) is 4.04. The predicted octanol–water partition coefficient (Wildman–Crippen LogP) is 4.94. The maximum Gasteiger partial charge on any atom is 0.326 e. The highest BCUT2D eigenvalue weighted by atomic mass is 79.9. The van der Waals surface area contributed by atoms with Crippen LogP contribution in [-0.4, -0.2) is 35.2 Å². The van der Waals surface area contributed by atoms with Crippen molar-refractivity contribution in [1.29, 1.82) is 0 Å². The number of thioether (sulfide) groups is 1. The van der Waals surface area contributed by atoms with E-state index in [4.69, 9.17) is 9.47 Å². The van der Waals surface area contributed by atoms with Gasteiger partial charge in [-0.25, -0.2) is 0 Å². The van der Waals surface area contributed by atoms with Gasteiger partial charge in [-0.05, 0) is 70.9 Å². The molecule has 0 spiro atoms. The molecule has 1 saturated heterocycles. The van der Waals surface area contributed by atoms with Crippen LogP contribution < -0.4 is 4.74 Å². The molecule has 8 heteroatoms. The third-order valence-corrected chi connectivity index (χ3v) is 5.76. The van der Waals surface area contributed by atoms with Crippen LogP contribution in [0.25, 0.3) is 6.08 Å². The summed E-state index contributed by atoms with van der Waals surface area (Å²) in [6.45, 7) is 3.94. The number of imide groups is 1. The summed E-state index contributed by atoms with van der Waals surface area (Å²) >= 11 is 4.29. The van der Waals surface area contributed by atoms with Crippen LogP contribution in [0.1, 0.15) is 23.6 Å². The molecule has 0 N–H and O–H groups in total. The van der Waals surface area contributed by atoms with Gasteiger partial charge in [-0.2, -0.15) is 0 Å². The number of benzene rings is 2. The number of ether oxygens (including phenoxy) is 2. The van der Waals surface area contributed by atoms with Crippen LogP contribution in [0.15, 0.2) is 51.8 Å². The first-order valence-electron chi connectivity index (χ1n) is 9.26. The molecule has 0 saturated carbocycles. The second kappa shape index (κ2) is 9.95. The number of rotatable bonds is 7. The van der Waals surface area contributed by atoms with E-state index in [2.05, 4.69) is 15.9 Å². The van der Waals surface area contributed by atoms with Crippen LogP contribution in [0.3, 0.4) is 0 Å². The summed E-state index contributed by atoms with van der Waals surface area (Å²) in [5, 5.41) is -0.489. The number of halogens is 1. The van der Waals surface area contributed by atoms with Crippen molar-refractivity contribution in [2.24, 2.45) is 0 Å². The Morgan fingerprint density at radius 2 is 1.90 bits per heavy atom. The first-order chi connectivity index (χ1) is 14.4. The van der Waals surface area contributed by atoms with Gasteiger partial charge >= 0.3 is 5.97 Å². The summed E-state index contributed by atoms with van der Waals surface area (Å²) in [7, 11) is 0. The van der Waals surface area contributed by atoms with E-state index in [9.17, 15) is 14.4 Å². The van der Waals surface area contributed by atoms with Crippen molar-refractivity contribution in [3.63, 3.8) is 0 Å². The Bertz CT molecular complexity index is 1000. The van der Waals surface area contributed by atoms with Gasteiger partial charge in [0.1, 0.15) is 18.9 Å². The van der Waals surface area contributed by atoms with E-state index in [1.54, 1.807) is 25.1 Å². The molecule has 0 bridgehead atoms. The van der Waals surface area contributed by atoms with Crippen LogP contribution in [0.4, 0.5) is 4.79 Å². The summed E-state index contributed by atoms with van der Waals surface area (Å²) in [5.74, 6) is -0.448. The fourth-order valence-electron chi connectivity index (χ4n) is 2.69. The smallest absolute Gasteiger partial charge is 0.326 e. The van der Waals surface area contributed by atoms with Crippen LogP contribution in [0, 0.1) is 6.92 Å². The van der Waals surface area contributed by atoms with Crippen molar-refractivity contribution >= 4 is 50.9 Å². The summed E-state index contributed by atoms with van der Waals surface area (Å²) < 4.78 is 11.4. The van der Waals surface area contributed by atoms with Crippen LogP contribution in [0.2, 0.25) is 0 Å². The Morgan fingerprint density at radius 3 is 2.57 bits per heavy atom. The molecule has 0 atom stereocenters. The van der Waals surface area contributed by atoms with Crippen molar-refractivity contribution < 1.29 is 23.9 Å². The van der Waals surface area contributed by atoms with Gasteiger partial charge in [0.25, 0.3) is 11.1 Å². The number of hydrogen-bond acceptors (Lipinski definition) is 6. The van der Waals surface area contributed by atoms with E-state index in [1.807, 2.05) is 37.3 Å². The number of nitrogens with zero attached hydrogens (tertiary/aromatic N) is 1. The van der Waals surface area contributed by atoms with Crippen molar-refractivity contribution in [2.45, 2.75) is 20.5 Å². The van der Waals surface area contributed by atoms with Gasteiger partial charge in [-0.1, -0.05) is 35.9 Å². The Labute approximate surface area is 187 Å². The molecular weight excluding hydrogens is 470 g/mol. The zero-order valence-electron chi connectivity index (χ0n) is 16.5. The molecule has 0 aromatic heterocycles. The molecule has 1 heterocycles. The highest BCUT2D eigenvalue weighted by Gasteiger charge is 2.36. The lowest BCUT2D eigenvalue weighted by Crippen LogP contribution is -2.34. The minimum Gasteiger partial charge on any atom is -0.488 e. The van der Waals surface area contributed by atoms with Crippen molar-refractivity contribution in [1.82, 2.24) is 4.90 Å². The van der Waals surface area contributed by atoms with E-state index >= 15 is 0 Å². The van der Waals surface area contributed by atoms with Gasteiger partial charge in [0.15, 0.2) is 0 Å². The maximum absolute atomic E-state index is 12.5. The minimum atomic E-state index is -0.612. The Kier molecular flexibility index (Phi) is 7.33. The Hall–Kier alpha value is -2.58. The van der Waals surface area contributed by atoms with E-state index in [1.165, 1.54) is 5.56 Å². The number of esters is 1. The molecule has 6 nitrogen and oxygen atoms in total. The first kappa shape index (κ1) is 22.1. The van der Waals surface area contributed by atoms with Crippen molar-refractivity contribution in [3.05, 3.63) is 68.5 Å². The summed E-state index contributed by atoms with van der Waals surface area (Å²) in [6, 6.07) is 13.5. The lowest BCUT2D eigenvalue weighted by molar-refractivity contribution is -0.145. The SMILES string of the molecule is CCOC(=O)CN1C(=O)S/C(=C/c2ccc(OCc3ccc(C)cc3)c(Br)c2)C1=O. The largest absolute Gasteiger partial charge is 0.488 e. The molecule has 156 valence electrons. The molecule has 3 rings (SSSR count). The quantitative estimate of drug-likeness (QED) is 0.405. The topological polar surface area (TPSA) is 72.9 Å². The van der Waals surface area contributed by atoms with Crippen molar-refractivity contribution in [3.8, 4) is 5.75 Å². The number of hydrogen-bond donors (Lipinski definition) is 0. The molecule has 0 radical (unpaired) electrons. The van der Waals surface area contributed by atoms with E-state index in [0.29, 0.717) is 12.4 Å². The molecule has 2 aromatic carbocycles. The second-order valence-corrected chi connectivity index (χ2v) is 8.38. The molecule has 2 amide bonds. The zero-order valence-corrected chi connectivity index (χ0v) is 18.9. The van der Waals surface area contributed by atoms with Crippen molar-refractivity contribution in [2.75, 3.05) is 13.2 Å². The fraction of sp³-hybridized carbons (Fsp3) is 0.227. The van der Waals surface area contributed by atoms with E-state index in [-0.39, 0.29) is 18.1 Å². The standard InChI is InChI=1S/C22H20BrNO5S/c1-3-28-20(25)12-24-21(26)19(30-22(24)27)11-16-8-9-18(17(23)10-16)29-13-15-6-4-14(2)5-7-15/h4-11H,3,12-13H2,1-2H3/b19-11+. The minimum absolute atomic E-state index is 0.192. The molecular formula is C22H20BrNO5S. The molecule has 0 aliphatic carbocycles. The monoisotopic (exact) mass is 489 g/mol. The molecule has 0 unspecified atom stereocenters. The highest BCUT2D eigenvalue weighted by molar-refractivity contribution is 9.10. The molecule has 1 aliphatic heterocycles. The number of carbonyl (C=O) groups is 3. The number of amides is 2. The Morgan fingerprint density at radius 1 is 1.17 bits per heavy atom. The Balaban J connectivity index is 1.68. The van der Waals surface area contributed by atoms with Gasteiger partial charge in [0.05, 0.1) is 16.0 Å². The summed E-state index contributed by atoms with van der Waals surface area (Å²) in [6.07, 6.45) is 1.62. The normalized spacial score (nSPS) is 15.0. The highest BCUT2D eigenvalue weighted by Crippen LogP contribution is 2.34. The van der Waals surface area contributed by atoms with Crippen LogP contribution >= 0.6 is 27.7 Å². The molecule has 1 aliphatic rings. The second-order valence-electron chi connectivity index (χ2n) is 6.54. The van der Waals surface area contributed by atoms with Crippen LogP contribution in [-0.2, 0) is 20.9 Å². The molecule has 2 aromatic rings. The average molecular weight is 490 g/mol. The average Bonchev–Trinajstić information content (AvgIpc) is 2.96. The van der Waals surface area contributed by atoms with E-state index < -0.39 is 17.1 Å². The number of aryl methyl sites for hydroxylation is 1. The summed E-state index contributed by atoms with van der Waals surface area (Å²) in [5.41, 5.74) is 2.98. The lowest BCUT2D eigenvalue weighted by Gasteiger charge is -2.11. The maximum atomic E-state index is 12.5. The predicted molar refractivity (Wildman–Crippen MR) is 119 cm³/mol. The zero-order chi connectivity index (χ0) is 21.7. The first-order valence-corrected chi connectivity index (χ1v) is 10.9. The summed E-state index contributed by atoms with van der Waals surface area (Å²) in [4.78, 5) is 37.3. The van der Waals surface area contributed by atoms with Gasteiger partial charge in [0, 0.05) is 0 Å². The third-order valence-electron chi connectivity index (χ3n) is 4.23. The van der Waals surface area contributed by atoms with Gasteiger partial charge < -0.3 is 9.47 Å². The van der Waals surface area contributed by atoms with Crippen LogP contribution in [0.5, 0.6) is 5.75 Å². The van der Waals surface area contributed by atoms with Gasteiger partial charge in [-0.3, -0.25) is 19.3 Å². The third kappa shape index (κ3) is 5.52. The lowest BCUT2D eigenvalue weighted by atomic mass is 10.1. The van der Waals surface area contributed by atoms with E-state index in [0.717, 1.165) is 32.3 Å². The van der Waals surface area contributed by atoms with Gasteiger partial charge in [0.2, 0.25) is 0 Å². The van der Waals surface area contributed by atoms with Gasteiger partial charge in [-0.15, -0.1) is 0 Å². The molecule has 1 fully saturated rings. The number of carbonyl (C=O) groups excluding carboxylic acids is 3. The molecule has 30 heavy (non-hydrogen) atoms.